The second-order valence-corrected chi connectivity index (χ2v) is 5.15. The first kappa shape index (κ1) is 12.2. The zero-order valence-corrected chi connectivity index (χ0v) is 10.3. The standard InChI is InChI=1S/C11H18N2OS/c1-7-4-10(15-9(7)3)6-13-11(14)8(2)5-12/h4,8H,5-6,12H2,1-3H3,(H,13,14). The van der Waals surface area contributed by atoms with Gasteiger partial charge in [0.05, 0.1) is 6.54 Å². The van der Waals surface area contributed by atoms with Crippen molar-refractivity contribution >= 4 is 17.2 Å². The maximum Gasteiger partial charge on any atom is 0.224 e. The molecule has 0 aliphatic carbocycles. The molecule has 0 fully saturated rings. The lowest BCUT2D eigenvalue weighted by molar-refractivity contribution is -0.124. The number of amides is 1. The van der Waals surface area contributed by atoms with Crippen LogP contribution >= 0.6 is 11.3 Å². The Balaban J connectivity index is 2.47. The first-order chi connectivity index (χ1) is 7.04. The topological polar surface area (TPSA) is 55.1 Å². The van der Waals surface area contributed by atoms with Gasteiger partial charge in [-0.15, -0.1) is 11.3 Å². The predicted octanol–water partition coefficient (Wildman–Crippen LogP) is 1.58. The van der Waals surface area contributed by atoms with Gasteiger partial charge in [-0.1, -0.05) is 6.92 Å². The van der Waals surface area contributed by atoms with Gasteiger partial charge in [-0.3, -0.25) is 4.79 Å². The van der Waals surface area contributed by atoms with Crippen molar-refractivity contribution in [2.24, 2.45) is 11.7 Å². The van der Waals surface area contributed by atoms with Crippen LogP contribution in [0.4, 0.5) is 0 Å². The van der Waals surface area contributed by atoms with E-state index in [-0.39, 0.29) is 11.8 Å². The molecule has 84 valence electrons. The van der Waals surface area contributed by atoms with Gasteiger partial charge in [0.1, 0.15) is 0 Å². The molecule has 1 amide bonds. The number of nitrogens with one attached hydrogen (secondary N) is 1. The van der Waals surface area contributed by atoms with Crippen LogP contribution in [-0.4, -0.2) is 12.5 Å². The lowest BCUT2D eigenvalue weighted by Crippen LogP contribution is -2.32. The summed E-state index contributed by atoms with van der Waals surface area (Å²) in [5.74, 6) is -0.0756. The lowest BCUT2D eigenvalue weighted by atomic mass is 10.2. The molecule has 3 N–H and O–H groups in total. The van der Waals surface area contributed by atoms with Gasteiger partial charge in [0.2, 0.25) is 5.91 Å². The van der Waals surface area contributed by atoms with Crippen LogP contribution in [0, 0.1) is 19.8 Å². The van der Waals surface area contributed by atoms with Crippen LogP contribution in [0.25, 0.3) is 0 Å². The first-order valence-corrected chi connectivity index (χ1v) is 5.90. The molecule has 0 spiro atoms. The zero-order valence-electron chi connectivity index (χ0n) is 9.46. The fourth-order valence-electron chi connectivity index (χ4n) is 1.19. The monoisotopic (exact) mass is 226 g/mol. The van der Waals surface area contributed by atoms with Crippen LogP contribution in [0.15, 0.2) is 6.07 Å². The van der Waals surface area contributed by atoms with Gasteiger partial charge in [-0.25, -0.2) is 0 Å². The summed E-state index contributed by atoms with van der Waals surface area (Å²) in [6.45, 7) is 7.02. The number of carbonyl (C=O) groups excluding carboxylic acids is 1. The molecule has 0 aliphatic heterocycles. The van der Waals surface area contributed by atoms with Crippen LogP contribution in [0.2, 0.25) is 0 Å². The molecule has 0 saturated carbocycles. The minimum atomic E-state index is -0.104. The quantitative estimate of drug-likeness (QED) is 0.819. The van der Waals surface area contributed by atoms with Gasteiger partial charge < -0.3 is 11.1 Å². The van der Waals surface area contributed by atoms with Crippen molar-refractivity contribution < 1.29 is 4.79 Å². The minimum absolute atomic E-state index is 0.0289. The Morgan fingerprint density at radius 3 is 2.73 bits per heavy atom. The van der Waals surface area contributed by atoms with E-state index in [2.05, 4.69) is 25.2 Å². The van der Waals surface area contributed by atoms with E-state index in [9.17, 15) is 4.79 Å². The largest absolute Gasteiger partial charge is 0.351 e. The zero-order chi connectivity index (χ0) is 11.4. The van der Waals surface area contributed by atoms with Gasteiger partial charge in [-0.2, -0.15) is 0 Å². The van der Waals surface area contributed by atoms with Crippen molar-refractivity contribution in [1.82, 2.24) is 5.32 Å². The number of nitrogens with two attached hydrogens (primary N) is 1. The third-order valence-corrected chi connectivity index (χ3v) is 3.61. The SMILES string of the molecule is Cc1cc(CNC(=O)C(C)CN)sc1C. The predicted molar refractivity (Wildman–Crippen MR) is 63.9 cm³/mol. The average molecular weight is 226 g/mol. The summed E-state index contributed by atoms with van der Waals surface area (Å²) in [6.07, 6.45) is 0. The summed E-state index contributed by atoms with van der Waals surface area (Å²) in [5, 5.41) is 2.88. The molecule has 15 heavy (non-hydrogen) atoms. The smallest absolute Gasteiger partial charge is 0.224 e. The molecule has 1 aromatic rings. The van der Waals surface area contributed by atoms with E-state index in [1.165, 1.54) is 15.3 Å². The molecule has 1 heterocycles. The fourth-order valence-corrected chi connectivity index (χ4v) is 2.19. The molecule has 1 aromatic heterocycles. The molecule has 1 atom stereocenters. The van der Waals surface area contributed by atoms with E-state index in [0.717, 1.165) is 0 Å². The van der Waals surface area contributed by atoms with E-state index < -0.39 is 0 Å². The van der Waals surface area contributed by atoms with Crippen molar-refractivity contribution in [1.29, 1.82) is 0 Å². The number of thiophene rings is 1. The third kappa shape index (κ3) is 3.32. The highest BCUT2D eigenvalue weighted by Gasteiger charge is 2.10. The Kier molecular flexibility index (Phi) is 4.29. The molecule has 3 nitrogen and oxygen atoms in total. The van der Waals surface area contributed by atoms with Crippen LogP contribution in [0.1, 0.15) is 22.2 Å². The number of hydrogen-bond acceptors (Lipinski definition) is 3. The van der Waals surface area contributed by atoms with Gasteiger partial charge in [0, 0.05) is 22.2 Å². The van der Waals surface area contributed by atoms with E-state index in [0.29, 0.717) is 13.1 Å². The highest BCUT2D eigenvalue weighted by Crippen LogP contribution is 2.20. The number of rotatable bonds is 4. The molecule has 1 unspecified atom stereocenters. The van der Waals surface area contributed by atoms with Crippen LogP contribution < -0.4 is 11.1 Å². The highest BCUT2D eigenvalue weighted by atomic mass is 32.1. The van der Waals surface area contributed by atoms with Gasteiger partial charge in [0.15, 0.2) is 0 Å². The van der Waals surface area contributed by atoms with Gasteiger partial charge >= 0.3 is 0 Å². The Hall–Kier alpha value is -0.870. The van der Waals surface area contributed by atoms with Gasteiger partial charge in [0.25, 0.3) is 0 Å². The summed E-state index contributed by atoms with van der Waals surface area (Å²) >= 11 is 1.73. The van der Waals surface area contributed by atoms with Crippen LogP contribution in [-0.2, 0) is 11.3 Å². The second-order valence-electron chi connectivity index (χ2n) is 3.81. The molecule has 0 aliphatic rings. The third-order valence-electron chi connectivity index (χ3n) is 2.45. The van der Waals surface area contributed by atoms with E-state index >= 15 is 0 Å². The van der Waals surface area contributed by atoms with E-state index in [4.69, 9.17) is 5.73 Å². The fraction of sp³-hybridized carbons (Fsp3) is 0.545. The normalized spacial score (nSPS) is 12.5. The summed E-state index contributed by atoms with van der Waals surface area (Å²) in [4.78, 5) is 14.0. The Bertz CT molecular complexity index is 327. The molecule has 0 radical (unpaired) electrons. The van der Waals surface area contributed by atoms with Crippen molar-refractivity contribution in [3.8, 4) is 0 Å². The summed E-state index contributed by atoms with van der Waals surface area (Å²) in [6, 6.07) is 2.12. The van der Waals surface area contributed by atoms with Crippen LogP contribution in [0.3, 0.4) is 0 Å². The molecule has 0 bridgehead atoms. The highest BCUT2D eigenvalue weighted by molar-refractivity contribution is 7.12. The first-order valence-electron chi connectivity index (χ1n) is 5.08. The second kappa shape index (κ2) is 5.28. The maximum atomic E-state index is 11.5. The van der Waals surface area contributed by atoms with Gasteiger partial charge in [-0.05, 0) is 25.5 Å². The van der Waals surface area contributed by atoms with Crippen molar-refractivity contribution in [2.75, 3.05) is 6.54 Å². The molecule has 0 saturated heterocycles. The van der Waals surface area contributed by atoms with E-state index in [1.807, 2.05) is 6.92 Å². The van der Waals surface area contributed by atoms with Crippen molar-refractivity contribution in [3.63, 3.8) is 0 Å². The molecule has 4 heteroatoms. The molecule has 0 aromatic carbocycles. The minimum Gasteiger partial charge on any atom is -0.351 e. The average Bonchev–Trinajstić information content (AvgIpc) is 2.54. The Morgan fingerprint density at radius 1 is 1.60 bits per heavy atom. The molecular formula is C11H18N2OS. The number of aryl methyl sites for hydroxylation is 2. The van der Waals surface area contributed by atoms with E-state index in [1.54, 1.807) is 11.3 Å². The molecular weight excluding hydrogens is 208 g/mol. The van der Waals surface area contributed by atoms with Crippen LogP contribution in [0.5, 0.6) is 0 Å². The summed E-state index contributed by atoms with van der Waals surface area (Å²) < 4.78 is 0. The Morgan fingerprint density at radius 2 is 2.27 bits per heavy atom. The lowest BCUT2D eigenvalue weighted by Gasteiger charge is -2.08. The molecule has 1 rings (SSSR count). The van der Waals surface area contributed by atoms with Crippen molar-refractivity contribution in [3.05, 3.63) is 21.4 Å². The maximum absolute atomic E-state index is 11.5. The summed E-state index contributed by atoms with van der Waals surface area (Å²) in [5.41, 5.74) is 6.70. The number of hydrogen-bond donors (Lipinski definition) is 2. The summed E-state index contributed by atoms with van der Waals surface area (Å²) in [7, 11) is 0. The number of carbonyl (C=O) groups is 1. The van der Waals surface area contributed by atoms with Crippen molar-refractivity contribution in [2.45, 2.75) is 27.3 Å². The Labute approximate surface area is 94.7 Å².